The molecule has 0 saturated heterocycles. The number of carbonyl (C=O) groups is 5. The van der Waals surface area contributed by atoms with Crippen molar-refractivity contribution in [2.75, 3.05) is 0 Å². The molecule has 0 aliphatic rings. The number of amides is 4. The number of nitrogens with one attached hydrogen (secondary N) is 3. The van der Waals surface area contributed by atoms with E-state index in [0.717, 1.165) is 0 Å². The summed E-state index contributed by atoms with van der Waals surface area (Å²) in [5.74, 6) is -4.21. The van der Waals surface area contributed by atoms with E-state index in [2.05, 4.69) is 16.0 Å². The zero-order chi connectivity index (χ0) is 25.9. The fourth-order valence-electron chi connectivity index (χ4n) is 3.08. The predicted molar refractivity (Wildman–Crippen MR) is 124 cm³/mol. The van der Waals surface area contributed by atoms with Crippen molar-refractivity contribution in [1.29, 1.82) is 0 Å². The minimum atomic E-state index is -1.18. The number of nitrogens with two attached hydrogens (primary N) is 2. The van der Waals surface area contributed by atoms with E-state index in [-0.39, 0.29) is 37.0 Å². The second-order valence-corrected chi connectivity index (χ2v) is 9.24. The lowest BCUT2D eigenvalue weighted by Crippen LogP contribution is -2.58. The molecule has 0 rings (SSSR count). The molecule has 0 aromatic heterocycles. The van der Waals surface area contributed by atoms with Gasteiger partial charge in [0.1, 0.15) is 18.1 Å². The van der Waals surface area contributed by atoms with Crippen LogP contribution >= 0.6 is 0 Å². The van der Waals surface area contributed by atoms with E-state index in [1.54, 1.807) is 20.8 Å². The van der Waals surface area contributed by atoms with Crippen LogP contribution in [0.1, 0.15) is 67.2 Å². The van der Waals surface area contributed by atoms with Crippen LogP contribution in [0.15, 0.2) is 0 Å². The molecule has 11 heteroatoms. The van der Waals surface area contributed by atoms with Crippen LogP contribution in [0.25, 0.3) is 0 Å². The van der Waals surface area contributed by atoms with Crippen molar-refractivity contribution in [3.8, 4) is 0 Å². The molecule has 0 fully saturated rings. The summed E-state index contributed by atoms with van der Waals surface area (Å²) < 4.78 is 0. The van der Waals surface area contributed by atoms with Crippen molar-refractivity contribution in [1.82, 2.24) is 16.0 Å². The molecule has 190 valence electrons. The molecule has 33 heavy (non-hydrogen) atoms. The number of carboxylic acids is 1. The largest absolute Gasteiger partial charge is 0.480 e. The molecule has 0 aliphatic carbocycles. The lowest BCUT2D eigenvalue weighted by molar-refractivity contribution is -0.143. The van der Waals surface area contributed by atoms with E-state index in [4.69, 9.17) is 11.5 Å². The first kappa shape index (κ1) is 30.3. The molecule has 0 heterocycles. The van der Waals surface area contributed by atoms with Crippen LogP contribution in [-0.4, -0.2) is 58.9 Å². The molecule has 5 atom stereocenters. The topological polar surface area (TPSA) is 194 Å². The molecule has 0 aromatic carbocycles. The van der Waals surface area contributed by atoms with Gasteiger partial charge in [0.2, 0.25) is 23.6 Å². The van der Waals surface area contributed by atoms with Crippen molar-refractivity contribution in [2.45, 2.75) is 91.4 Å². The van der Waals surface area contributed by atoms with E-state index in [1.165, 1.54) is 0 Å². The summed E-state index contributed by atoms with van der Waals surface area (Å²) in [5.41, 5.74) is 11.1. The summed E-state index contributed by atoms with van der Waals surface area (Å²) in [6, 6.07) is -4.14. The number of primary amides is 1. The van der Waals surface area contributed by atoms with Crippen molar-refractivity contribution >= 4 is 29.6 Å². The average molecular weight is 472 g/mol. The second-order valence-electron chi connectivity index (χ2n) is 9.24. The molecule has 0 bridgehead atoms. The van der Waals surface area contributed by atoms with Gasteiger partial charge in [0, 0.05) is 6.42 Å². The molecule has 8 N–H and O–H groups in total. The van der Waals surface area contributed by atoms with Gasteiger partial charge in [-0.3, -0.25) is 19.2 Å². The molecule has 4 amide bonds. The van der Waals surface area contributed by atoms with Crippen LogP contribution in [0.2, 0.25) is 0 Å². The van der Waals surface area contributed by atoms with Gasteiger partial charge in [-0.05, 0) is 30.6 Å². The van der Waals surface area contributed by atoms with Gasteiger partial charge in [-0.15, -0.1) is 0 Å². The lowest BCUT2D eigenvalue weighted by atomic mass is 9.98. The zero-order valence-corrected chi connectivity index (χ0v) is 20.5. The highest BCUT2D eigenvalue weighted by Crippen LogP contribution is 2.10. The van der Waals surface area contributed by atoms with Crippen molar-refractivity contribution < 1.29 is 29.1 Å². The summed E-state index contributed by atoms with van der Waals surface area (Å²) >= 11 is 0. The van der Waals surface area contributed by atoms with Crippen molar-refractivity contribution in [3.05, 3.63) is 0 Å². The maximum absolute atomic E-state index is 13.0. The quantitative estimate of drug-likeness (QED) is 0.191. The third kappa shape index (κ3) is 11.1. The van der Waals surface area contributed by atoms with Gasteiger partial charge < -0.3 is 32.5 Å². The minimum Gasteiger partial charge on any atom is -0.480 e. The second kappa shape index (κ2) is 14.5. The first-order valence-electron chi connectivity index (χ1n) is 11.4. The third-order valence-corrected chi connectivity index (χ3v) is 5.44. The Labute approximate surface area is 195 Å². The Morgan fingerprint density at radius 2 is 1.36 bits per heavy atom. The molecular weight excluding hydrogens is 430 g/mol. The molecular formula is C22H41N5O6. The summed E-state index contributed by atoms with van der Waals surface area (Å²) in [6.07, 6.45) is 0.668. The van der Waals surface area contributed by atoms with Gasteiger partial charge in [-0.1, -0.05) is 48.0 Å². The highest BCUT2D eigenvalue weighted by molar-refractivity contribution is 5.94. The van der Waals surface area contributed by atoms with Crippen LogP contribution in [-0.2, 0) is 24.0 Å². The zero-order valence-electron chi connectivity index (χ0n) is 20.5. The van der Waals surface area contributed by atoms with Gasteiger partial charge in [0.15, 0.2) is 0 Å². The summed E-state index contributed by atoms with van der Waals surface area (Å²) in [6.45, 7) is 10.7. The van der Waals surface area contributed by atoms with Gasteiger partial charge in [-0.25, -0.2) is 4.79 Å². The summed E-state index contributed by atoms with van der Waals surface area (Å²) in [4.78, 5) is 61.0. The smallest absolute Gasteiger partial charge is 0.326 e. The standard InChI is InChI=1S/C22H41N5O6/c1-7-13(6)17(24)21(31)25-14(8-9-16(23)28)19(29)26-15(10-11(2)3)20(30)27-18(12(4)5)22(32)33/h11-15,17-18H,7-10,24H2,1-6H3,(H2,23,28)(H,25,31)(H,26,29)(H,27,30)(H,32,33). The van der Waals surface area contributed by atoms with E-state index in [0.29, 0.717) is 6.42 Å². The molecule has 0 aliphatic heterocycles. The maximum Gasteiger partial charge on any atom is 0.326 e. The third-order valence-electron chi connectivity index (χ3n) is 5.44. The first-order chi connectivity index (χ1) is 15.2. The Morgan fingerprint density at radius 1 is 0.848 bits per heavy atom. The van der Waals surface area contributed by atoms with Crippen molar-refractivity contribution in [2.24, 2.45) is 29.2 Å². The highest BCUT2D eigenvalue weighted by Gasteiger charge is 2.32. The number of carboxylic acid groups (broad SMARTS) is 1. The van der Waals surface area contributed by atoms with E-state index >= 15 is 0 Å². The average Bonchev–Trinajstić information content (AvgIpc) is 2.71. The number of rotatable bonds is 15. The van der Waals surface area contributed by atoms with Crippen molar-refractivity contribution in [3.63, 3.8) is 0 Å². The van der Waals surface area contributed by atoms with Gasteiger partial charge >= 0.3 is 5.97 Å². The Bertz CT molecular complexity index is 697. The Balaban J connectivity index is 5.60. The van der Waals surface area contributed by atoms with Crippen LogP contribution in [0.5, 0.6) is 0 Å². The van der Waals surface area contributed by atoms with E-state index < -0.39 is 53.8 Å². The number of hydrogen-bond acceptors (Lipinski definition) is 6. The normalized spacial score (nSPS) is 15.8. The van der Waals surface area contributed by atoms with E-state index in [9.17, 15) is 29.1 Å². The molecule has 0 spiro atoms. The number of aliphatic carboxylic acids is 1. The van der Waals surface area contributed by atoms with Crippen LogP contribution in [0.4, 0.5) is 0 Å². The fourth-order valence-corrected chi connectivity index (χ4v) is 3.08. The molecule has 11 nitrogen and oxygen atoms in total. The lowest BCUT2D eigenvalue weighted by Gasteiger charge is -2.27. The summed E-state index contributed by atoms with van der Waals surface area (Å²) in [7, 11) is 0. The van der Waals surface area contributed by atoms with Crippen LogP contribution in [0.3, 0.4) is 0 Å². The maximum atomic E-state index is 13.0. The molecule has 0 aromatic rings. The molecule has 5 unspecified atom stereocenters. The predicted octanol–water partition coefficient (Wildman–Crippen LogP) is -0.134. The fraction of sp³-hybridized carbons (Fsp3) is 0.773. The number of carbonyl (C=O) groups excluding carboxylic acids is 4. The Hall–Kier alpha value is -2.69. The Kier molecular flexibility index (Phi) is 13.3. The molecule has 0 saturated carbocycles. The first-order valence-corrected chi connectivity index (χ1v) is 11.4. The van der Waals surface area contributed by atoms with Crippen LogP contribution in [0, 0.1) is 17.8 Å². The monoisotopic (exact) mass is 471 g/mol. The minimum absolute atomic E-state index is 0.000801. The SMILES string of the molecule is CCC(C)C(N)C(=O)NC(CCC(N)=O)C(=O)NC(CC(C)C)C(=O)NC(C(=O)O)C(C)C. The molecule has 0 radical (unpaired) electrons. The highest BCUT2D eigenvalue weighted by atomic mass is 16.4. The van der Waals surface area contributed by atoms with Crippen LogP contribution < -0.4 is 27.4 Å². The van der Waals surface area contributed by atoms with Gasteiger partial charge in [0.05, 0.1) is 6.04 Å². The Morgan fingerprint density at radius 3 is 1.79 bits per heavy atom. The number of hydrogen-bond donors (Lipinski definition) is 6. The van der Waals surface area contributed by atoms with Gasteiger partial charge in [0.25, 0.3) is 0 Å². The van der Waals surface area contributed by atoms with Gasteiger partial charge in [-0.2, -0.15) is 0 Å². The van der Waals surface area contributed by atoms with E-state index in [1.807, 2.05) is 20.8 Å². The summed E-state index contributed by atoms with van der Waals surface area (Å²) in [5, 5.41) is 17.0.